The number of urea groups is 1. The normalized spacial score (nSPS) is 23.7. The molecular formula is C28H32F3N5O3. The van der Waals surface area contributed by atoms with E-state index in [1.165, 1.54) is 4.90 Å². The number of dihydropyridines is 1. The molecular weight excluding hydrogens is 511 g/mol. The first kappa shape index (κ1) is 27.0. The van der Waals surface area contributed by atoms with Crippen molar-refractivity contribution >= 4 is 17.3 Å². The molecule has 2 saturated heterocycles. The number of rotatable bonds is 5. The van der Waals surface area contributed by atoms with E-state index in [-0.39, 0.29) is 13.1 Å². The summed E-state index contributed by atoms with van der Waals surface area (Å²) in [6, 6.07) is 8.53. The maximum atomic E-state index is 12.9. The van der Waals surface area contributed by atoms with Crippen LogP contribution in [0, 0.1) is 12.8 Å². The van der Waals surface area contributed by atoms with Gasteiger partial charge in [0.05, 0.1) is 13.2 Å². The van der Waals surface area contributed by atoms with E-state index in [0.717, 1.165) is 22.5 Å². The Kier molecular flexibility index (Phi) is 7.55. The number of morpholine rings is 1. The molecule has 2 atom stereocenters. The summed E-state index contributed by atoms with van der Waals surface area (Å²) in [5, 5.41) is 17.9. The predicted molar refractivity (Wildman–Crippen MR) is 140 cm³/mol. The van der Waals surface area contributed by atoms with Crippen molar-refractivity contribution in [3.05, 3.63) is 77.4 Å². The van der Waals surface area contributed by atoms with Crippen molar-refractivity contribution < 1.29 is 27.8 Å². The minimum Gasteiger partial charge on any atom is -0.378 e. The molecule has 0 saturated carbocycles. The summed E-state index contributed by atoms with van der Waals surface area (Å²) in [6.45, 7) is 4.79. The van der Waals surface area contributed by atoms with E-state index in [4.69, 9.17) is 4.74 Å². The molecule has 3 aliphatic heterocycles. The minimum absolute atomic E-state index is 0.0749. The van der Waals surface area contributed by atoms with E-state index in [9.17, 15) is 23.1 Å². The van der Waals surface area contributed by atoms with Crippen LogP contribution in [-0.2, 0) is 10.5 Å². The fourth-order valence-electron chi connectivity index (χ4n) is 5.30. The topological polar surface area (TPSA) is 90.0 Å². The Hall–Kier alpha value is -3.57. The number of aryl methyl sites for hydroxylation is 1. The maximum Gasteiger partial charge on any atom is 0.389 e. The van der Waals surface area contributed by atoms with Crippen molar-refractivity contribution in [1.82, 2.24) is 20.1 Å². The van der Waals surface area contributed by atoms with Crippen LogP contribution in [0.1, 0.15) is 29.5 Å². The summed E-state index contributed by atoms with van der Waals surface area (Å²) < 4.78 is 43.9. The Balaban J connectivity index is 1.41. The van der Waals surface area contributed by atoms with E-state index in [0.29, 0.717) is 44.0 Å². The fourth-order valence-corrected chi connectivity index (χ4v) is 5.30. The standard InChI is InChI=1S/C28H32F3N5O3/c1-19-2-3-23(33-26(37)36-9-6-20(18-36)16-28(29,30)31)15-24(19)21-14-25(35-10-12-39-13-11-35)34-27(38,17-21)22-4-7-32-8-5-22/h2-5,7-8,14-15,17,20,34,38H,6,9-13,16,18H2,1H3,(H,33,37)/t20-,27?/m0/s1. The SMILES string of the molecule is Cc1ccc(NC(=O)N2CC[C@@H](CC(F)(F)F)C2)cc1C1=CC(O)(c2ccncc2)NC(N2CCOCC2)=C1. The molecule has 8 nitrogen and oxygen atoms in total. The Labute approximate surface area is 225 Å². The molecule has 0 aliphatic carbocycles. The summed E-state index contributed by atoms with van der Waals surface area (Å²) in [6.07, 6.45) is 2.15. The molecule has 11 heteroatoms. The number of allylic oxidation sites excluding steroid dienone is 2. The zero-order valence-corrected chi connectivity index (χ0v) is 21.7. The predicted octanol–water partition coefficient (Wildman–Crippen LogP) is 4.20. The first-order valence-corrected chi connectivity index (χ1v) is 13.0. The summed E-state index contributed by atoms with van der Waals surface area (Å²) in [7, 11) is 0. The number of likely N-dealkylation sites (tertiary alicyclic amines) is 1. The van der Waals surface area contributed by atoms with Crippen molar-refractivity contribution in [2.75, 3.05) is 44.7 Å². The second-order valence-electron chi connectivity index (χ2n) is 10.2. The number of carbonyl (C=O) groups is 1. The van der Waals surface area contributed by atoms with Crippen molar-refractivity contribution in [3.8, 4) is 0 Å². The third-order valence-electron chi connectivity index (χ3n) is 7.34. The highest BCUT2D eigenvalue weighted by Crippen LogP contribution is 2.35. The average molecular weight is 544 g/mol. The molecule has 1 aromatic heterocycles. The van der Waals surface area contributed by atoms with Gasteiger partial charge in [-0.15, -0.1) is 0 Å². The lowest BCUT2D eigenvalue weighted by Crippen LogP contribution is -2.49. The van der Waals surface area contributed by atoms with Crippen LogP contribution in [0.4, 0.5) is 23.7 Å². The quantitative estimate of drug-likeness (QED) is 0.524. The fraction of sp³-hybridized carbons (Fsp3) is 0.429. The van der Waals surface area contributed by atoms with Crippen LogP contribution < -0.4 is 10.6 Å². The molecule has 1 unspecified atom stereocenters. The largest absolute Gasteiger partial charge is 0.389 e. The Bertz CT molecular complexity index is 1260. The van der Waals surface area contributed by atoms with Crippen molar-refractivity contribution in [1.29, 1.82) is 0 Å². The number of amides is 2. The number of carbonyl (C=O) groups excluding carboxylic acids is 1. The second-order valence-corrected chi connectivity index (χ2v) is 10.2. The summed E-state index contributed by atoms with van der Waals surface area (Å²) >= 11 is 0. The number of anilines is 1. The van der Waals surface area contributed by atoms with Crippen LogP contribution in [0.15, 0.2) is 60.7 Å². The van der Waals surface area contributed by atoms with Crippen molar-refractivity contribution in [2.45, 2.75) is 31.7 Å². The number of aliphatic hydroxyl groups is 1. The summed E-state index contributed by atoms with van der Waals surface area (Å²) in [4.78, 5) is 20.5. The number of nitrogens with one attached hydrogen (secondary N) is 2. The first-order valence-electron chi connectivity index (χ1n) is 13.0. The maximum absolute atomic E-state index is 12.9. The molecule has 3 N–H and O–H groups in total. The molecule has 0 bridgehead atoms. The Morgan fingerprint density at radius 2 is 1.95 bits per heavy atom. The number of alkyl halides is 3. The van der Waals surface area contributed by atoms with Gasteiger partial charge in [0, 0.05) is 56.2 Å². The van der Waals surface area contributed by atoms with E-state index >= 15 is 0 Å². The van der Waals surface area contributed by atoms with Crippen LogP contribution in [0.3, 0.4) is 0 Å². The van der Waals surface area contributed by atoms with Gasteiger partial charge in [-0.05, 0) is 72.4 Å². The monoisotopic (exact) mass is 543 g/mol. The van der Waals surface area contributed by atoms with Gasteiger partial charge in [0.15, 0.2) is 5.72 Å². The molecule has 0 spiro atoms. The highest BCUT2D eigenvalue weighted by Gasteiger charge is 2.37. The highest BCUT2D eigenvalue weighted by atomic mass is 19.4. The van der Waals surface area contributed by atoms with Gasteiger partial charge in [-0.25, -0.2) is 4.79 Å². The lowest BCUT2D eigenvalue weighted by atomic mass is 9.91. The zero-order chi connectivity index (χ0) is 27.6. The van der Waals surface area contributed by atoms with Crippen LogP contribution >= 0.6 is 0 Å². The number of halogens is 3. The lowest BCUT2D eigenvalue weighted by Gasteiger charge is -2.39. The summed E-state index contributed by atoms with van der Waals surface area (Å²) in [5.41, 5.74) is 2.14. The lowest BCUT2D eigenvalue weighted by molar-refractivity contribution is -0.143. The van der Waals surface area contributed by atoms with E-state index in [1.54, 1.807) is 36.7 Å². The van der Waals surface area contributed by atoms with Gasteiger partial charge in [0.25, 0.3) is 0 Å². The number of aromatic nitrogens is 1. The molecule has 39 heavy (non-hydrogen) atoms. The minimum atomic E-state index is -4.24. The van der Waals surface area contributed by atoms with Crippen molar-refractivity contribution in [3.63, 3.8) is 0 Å². The van der Waals surface area contributed by atoms with Gasteiger partial charge in [-0.3, -0.25) is 4.98 Å². The molecule has 0 radical (unpaired) electrons. The van der Waals surface area contributed by atoms with Gasteiger partial charge in [-0.2, -0.15) is 13.2 Å². The molecule has 3 aliphatic rings. The second kappa shape index (κ2) is 10.9. The van der Waals surface area contributed by atoms with Crippen LogP contribution in [0.2, 0.25) is 0 Å². The molecule has 4 heterocycles. The average Bonchev–Trinajstić information content (AvgIpc) is 3.37. The zero-order valence-electron chi connectivity index (χ0n) is 21.7. The number of hydrogen-bond acceptors (Lipinski definition) is 6. The molecule has 2 fully saturated rings. The van der Waals surface area contributed by atoms with Crippen LogP contribution in [-0.4, -0.2) is 71.5 Å². The van der Waals surface area contributed by atoms with E-state index < -0.39 is 30.3 Å². The first-order chi connectivity index (χ1) is 18.6. The molecule has 208 valence electrons. The Morgan fingerprint density at radius 1 is 1.21 bits per heavy atom. The van der Waals surface area contributed by atoms with E-state index in [2.05, 4.69) is 20.5 Å². The number of benzene rings is 1. The van der Waals surface area contributed by atoms with Gasteiger partial charge < -0.3 is 30.3 Å². The smallest absolute Gasteiger partial charge is 0.378 e. The molecule has 2 amide bonds. The van der Waals surface area contributed by atoms with Gasteiger partial charge in [0.2, 0.25) is 0 Å². The molecule has 1 aromatic carbocycles. The van der Waals surface area contributed by atoms with Crippen LogP contribution in [0.5, 0.6) is 0 Å². The number of pyridine rings is 1. The van der Waals surface area contributed by atoms with Crippen molar-refractivity contribution in [2.24, 2.45) is 5.92 Å². The van der Waals surface area contributed by atoms with Gasteiger partial charge >= 0.3 is 12.2 Å². The van der Waals surface area contributed by atoms with Crippen LogP contribution in [0.25, 0.3) is 5.57 Å². The third kappa shape index (κ3) is 6.36. The van der Waals surface area contributed by atoms with Gasteiger partial charge in [0.1, 0.15) is 5.82 Å². The van der Waals surface area contributed by atoms with Gasteiger partial charge in [-0.1, -0.05) is 6.07 Å². The Morgan fingerprint density at radius 3 is 2.67 bits per heavy atom. The molecule has 2 aromatic rings. The third-order valence-corrected chi connectivity index (χ3v) is 7.34. The summed E-state index contributed by atoms with van der Waals surface area (Å²) in [5.74, 6) is 0.163. The number of hydrogen-bond donors (Lipinski definition) is 3. The molecule has 5 rings (SSSR count). The number of ether oxygens (including phenoxy) is 1. The van der Waals surface area contributed by atoms with E-state index in [1.807, 2.05) is 25.1 Å². The number of nitrogens with zero attached hydrogens (tertiary/aromatic N) is 3. The highest BCUT2D eigenvalue weighted by molar-refractivity contribution is 5.91.